The fourth-order valence-corrected chi connectivity index (χ4v) is 5.38. The summed E-state index contributed by atoms with van der Waals surface area (Å²) in [4.78, 5) is 17.0. The number of pyridine rings is 1. The molecule has 168 valence electrons. The van der Waals surface area contributed by atoms with E-state index in [1.807, 2.05) is 0 Å². The predicted molar refractivity (Wildman–Crippen MR) is 120 cm³/mol. The summed E-state index contributed by atoms with van der Waals surface area (Å²) in [5.74, 6) is 0.742. The molecule has 0 atom stereocenters. The minimum atomic E-state index is -3.51. The molecule has 1 aliphatic rings. The summed E-state index contributed by atoms with van der Waals surface area (Å²) in [7, 11) is -3.51. The minimum Gasteiger partial charge on any atom is -0.368 e. The van der Waals surface area contributed by atoms with E-state index in [-0.39, 0.29) is 22.6 Å². The highest BCUT2D eigenvalue weighted by atomic mass is 32.2. The van der Waals surface area contributed by atoms with E-state index >= 15 is 0 Å². The summed E-state index contributed by atoms with van der Waals surface area (Å²) in [6, 6.07) is 9.02. The first-order valence-corrected chi connectivity index (χ1v) is 12.4. The first-order valence-electron chi connectivity index (χ1n) is 10.0. The molecule has 0 bridgehead atoms. The Morgan fingerprint density at radius 2 is 1.78 bits per heavy atom. The number of piperidine rings is 1. The Bertz CT molecular complexity index is 1170. The number of rotatable bonds is 7. The van der Waals surface area contributed by atoms with E-state index in [0.29, 0.717) is 35.4 Å². The number of benzene rings is 1. The molecule has 0 aliphatic carbocycles. The summed E-state index contributed by atoms with van der Waals surface area (Å²) in [6.07, 6.45) is 4.21. The zero-order chi connectivity index (χ0) is 22.6. The highest BCUT2D eigenvalue weighted by Crippen LogP contribution is 2.24. The molecule has 3 aromatic rings. The maximum atomic E-state index is 13.1. The quantitative estimate of drug-likeness (QED) is 0.495. The molecule has 3 N–H and O–H groups in total. The molecule has 32 heavy (non-hydrogen) atoms. The van der Waals surface area contributed by atoms with Crippen LogP contribution in [-0.2, 0) is 15.8 Å². The van der Waals surface area contributed by atoms with Crippen LogP contribution in [0.1, 0.15) is 25.1 Å². The van der Waals surface area contributed by atoms with Crippen molar-refractivity contribution in [3.8, 4) is 0 Å². The van der Waals surface area contributed by atoms with Gasteiger partial charge in [0.05, 0.1) is 10.8 Å². The lowest BCUT2D eigenvalue weighted by molar-refractivity contribution is 0.346. The van der Waals surface area contributed by atoms with Crippen molar-refractivity contribution in [2.45, 2.75) is 34.9 Å². The number of nitrogens with two attached hydrogens (primary N) is 1. The van der Waals surface area contributed by atoms with E-state index in [4.69, 9.17) is 5.73 Å². The van der Waals surface area contributed by atoms with Gasteiger partial charge in [-0.1, -0.05) is 18.2 Å². The molecule has 3 heterocycles. The molecular weight excluding hydrogens is 453 g/mol. The monoisotopic (exact) mass is 475 g/mol. The van der Waals surface area contributed by atoms with E-state index in [2.05, 4.69) is 25.3 Å². The van der Waals surface area contributed by atoms with E-state index in [1.54, 1.807) is 24.3 Å². The molecule has 0 unspecified atom stereocenters. The summed E-state index contributed by atoms with van der Waals surface area (Å²) in [5.41, 5.74) is 6.40. The number of hydrogen-bond donors (Lipinski definition) is 2. The molecule has 9 nitrogen and oxygen atoms in total. The van der Waals surface area contributed by atoms with Gasteiger partial charge < -0.3 is 11.1 Å². The Kier molecular flexibility index (Phi) is 6.82. The third-order valence-corrected chi connectivity index (χ3v) is 7.63. The van der Waals surface area contributed by atoms with Crippen molar-refractivity contribution in [3.63, 3.8) is 0 Å². The van der Waals surface area contributed by atoms with Crippen LogP contribution < -0.4 is 11.1 Å². The Morgan fingerprint density at radius 1 is 1.03 bits per heavy atom. The van der Waals surface area contributed by atoms with Gasteiger partial charge in [-0.05, 0) is 49.2 Å². The van der Waals surface area contributed by atoms with Crippen LogP contribution in [0.4, 0.5) is 22.0 Å². The molecular formula is C20H22FN7O2S2. The molecule has 4 rings (SSSR count). The van der Waals surface area contributed by atoms with Gasteiger partial charge in [-0.3, -0.25) is 0 Å². The molecule has 0 saturated carbocycles. The highest BCUT2D eigenvalue weighted by molar-refractivity contribution is 7.98. The van der Waals surface area contributed by atoms with Gasteiger partial charge in [-0.2, -0.15) is 19.3 Å². The van der Waals surface area contributed by atoms with Crippen LogP contribution in [0.15, 0.2) is 52.5 Å². The second-order valence-corrected chi connectivity index (χ2v) is 10.1. The molecule has 0 spiro atoms. The van der Waals surface area contributed by atoms with Crippen LogP contribution in [0.3, 0.4) is 0 Å². The number of nitrogen functional groups attached to an aromatic ring is 1. The minimum absolute atomic E-state index is 0.0520. The summed E-state index contributed by atoms with van der Waals surface area (Å²) in [5, 5.41) is 3.59. The molecule has 12 heteroatoms. The standard InChI is InChI=1S/C20H22FN7O2S2/c21-14-4-6-15(7-5-14)24-20-26-17(25-19(22)27-20)13-31-18-9-8-16(12-23-18)32(29,30)28-10-2-1-3-11-28/h4-9,12H,1-3,10-11,13H2,(H3,22,24,25,26,27). The van der Waals surface area contributed by atoms with Crippen LogP contribution in [0.25, 0.3) is 0 Å². The lowest BCUT2D eigenvalue weighted by Crippen LogP contribution is -2.35. The number of anilines is 3. The van der Waals surface area contributed by atoms with Crippen LogP contribution in [0.5, 0.6) is 0 Å². The smallest absolute Gasteiger partial charge is 0.244 e. The van der Waals surface area contributed by atoms with E-state index in [0.717, 1.165) is 19.3 Å². The Morgan fingerprint density at radius 3 is 2.47 bits per heavy atom. The van der Waals surface area contributed by atoms with Crippen molar-refractivity contribution in [2.24, 2.45) is 0 Å². The number of nitrogens with one attached hydrogen (secondary N) is 1. The van der Waals surface area contributed by atoms with Crippen molar-refractivity contribution < 1.29 is 12.8 Å². The fraction of sp³-hybridized carbons (Fsp3) is 0.300. The van der Waals surface area contributed by atoms with E-state index in [9.17, 15) is 12.8 Å². The van der Waals surface area contributed by atoms with Gasteiger partial charge in [0, 0.05) is 25.0 Å². The molecule has 0 amide bonds. The summed E-state index contributed by atoms with van der Waals surface area (Å²) >= 11 is 1.35. The van der Waals surface area contributed by atoms with Crippen molar-refractivity contribution in [1.29, 1.82) is 0 Å². The third-order valence-electron chi connectivity index (χ3n) is 4.81. The van der Waals surface area contributed by atoms with Crippen LogP contribution in [0.2, 0.25) is 0 Å². The van der Waals surface area contributed by atoms with Gasteiger partial charge >= 0.3 is 0 Å². The number of sulfonamides is 1. The van der Waals surface area contributed by atoms with Crippen LogP contribution in [0, 0.1) is 5.82 Å². The Labute approximate surface area is 189 Å². The van der Waals surface area contributed by atoms with Gasteiger partial charge in [0.1, 0.15) is 16.5 Å². The second-order valence-electron chi connectivity index (χ2n) is 7.15. The van der Waals surface area contributed by atoms with Crippen LogP contribution in [-0.4, -0.2) is 45.7 Å². The molecule has 1 aromatic carbocycles. The number of thioether (sulfide) groups is 1. The Hall–Kier alpha value is -2.83. The van der Waals surface area contributed by atoms with E-state index in [1.165, 1.54) is 34.4 Å². The lowest BCUT2D eigenvalue weighted by Gasteiger charge is -2.25. The predicted octanol–water partition coefficient (Wildman–Crippen LogP) is 3.20. The van der Waals surface area contributed by atoms with Crippen molar-refractivity contribution in [1.82, 2.24) is 24.2 Å². The maximum absolute atomic E-state index is 13.1. The summed E-state index contributed by atoms with van der Waals surface area (Å²) < 4.78 is 40.0. The van der Waals surface area contributed by atoms with Gasteiger partial charge in [-0.15, -0.1) is 0 Å². The zero-order valence-corrected chi connectivity index (χ0v) is 18.7. The Balaban J connectivity index is 1.41. The normalized spacial score (nSPS) is 14.9. The average Bonchev–Trinajstić information content (AvgIpc) is 2.80. The maximum Gasteiger partial charge on any atom is 0.244 e. The lowest BCUT2D eigenvalue weighted by atomic mass is 10.2. The first kappa shape index (κ1) is 22.4. The molecule has 0 radical (unpaired) electrons. The highest BCUT2D eigenvalue weighted by Gasteiger charge is 2.26. The number of hydrogen-bond acceptors (Lipinski definition) is 9. The molecule has 1 fully saturated rings. The van der Waals surface area contributed by atoms with Crippen molar-refractivity contribution >= 4 is 39.4 Å². The fourth-order valence-electron chi connectivity index (χ4n) is 3.22. The average molecular weight is 476 g/mol. The van der Waals surface area contributed by atoms with Gasteiger partial charge in [0.15, 0.2) is 0 Å². The molecule has 1 saturated heterocycles. The molecule has 1 aliphatic heterocycles. The first-order chi connectivity index (χ1) is 15.4. The van der Waals surface area contributed by atoms with E-state index < -0.39 is 10.0 Å². The summed E-state index contributed by atoms with van der Waals surface area (Å²) in [6.45, 7) is 1.10. The van der Waals surface area contributed by atoms with Gasteiger partial charge in [0.2, 0.25) is 21.9 Å². The SMILES string of the molecule is Nc1nc(CSc2ccc(S(=O)(=O)N3CCCCC3)cn2)nc(Nc2ccc(F)cc2)n1. The van der Waals surface area contributed by atoms with Gasteiger partial charge in [-0.25, -0.2) is 17.8 Å². The largest absolute Gasteiger partial charge is 0.368 e. The third kappa shape index (κ3) is 5.50. The number of nitrogens with zero attached hydrogens (tertiary/aromatic N) is 5. The topological polar surface area (TPSA) is 127 Å². The number of halogens is 1. The van der Waals surface area contributed by atoms with Crippen molar-refractivity contribution in [2.75, 3.05) is 24.1 Å². The van der Waals surface area contributed by atoms with Crippen LogP contribution >= 0.6 is 11.8 Å². The second kappa shape index (κ2) is 9.76. The van der Waals surface area contributed by atoms with Gasteiger partial charge in [0.25, 0.3) is 0 Å². The molecule has 2 aromatic heterocycles. The van der Waals surface area contributed by atoms with Crippen molar-refractivity contribution in [3.05, 3.63) is 54.2 Å². The zero-order valence-electron chi connectivity index (χ0n) is 17.1. The number of aromatic nitrogens is 4.